The van der Waals surface area contributed by atoms with E-state index in [9.17, 15) is 9.90 Å². The van der Waals surface area contributed by atoms with E-state index in [4.69, 9.17) is 4.42 Å². The molecule has 3 rings (SSSR count). The van der Waals surface area contributed by atoms with Crippen LogP contribution < -0.4 is 5.32 Å². The summed E-state index contributed by atoms with van der Waals surface area (Å²) in [5, 5.41) is 12.7. The van der Waals surface area contributed by atoms with Crippen LogP contribution in [0.25, 0.3) is 11.3 Å². The Balaban J connectivity index is 1.93. The molecule has 0 bridgehead atoms. The van der Waals surface area contributed by atoms with Gasteiger partial charge in [0.2, 0.25) is 0 Å². The molecule has 0 saturated carbocycles. The van der Waals surface area contributed by atoms with Crippen LogP contribution in [0, 0.1) is 6.92 Å². The van der Waals surface area contributed by atoms with Gasteiger partial charge in [0, 0.05) is 5.56 Å². The zero-order valence-corrected chi connectivity index (χ0v) is 12.1. The highest BCUT2D eigenvalue weighted by atomic mass is 16.4. The molecular formula is C17H19NO3. The molecule has 4 nitrogen and oxygen atoms in total. The van der Waals surface area contributed by atoms with Crippen molar-refractivity contribution < 1.29 is 14.3 Å². The zero-order valence-electron chi connectivity index (χ0n) is 12.1. The number of benzene rings is 1. The predicted molar refractivity (Wildman–Crippen MR) is 80.4 cm³/mol. The van der Waals surface area contributed by atoms with Crippen molar-refractivity contribution in [1.29, 1.82) is 0 Å². The Morgan fingerprint density at radius 2 is 2.14 bits per heavy atom. The van der Waals surface area contributed by atoms with Gasteiger partial charge in [-0.3, -0.25) is 0 Å². The number of hydrogen-bond acceptors (Lipinski definition) is 3. The summed E-state index contributed by atoms with van der Waals surface area (Å²) in [6.45, 7) is 2.84. The standard InChI is InChI=1S/C17H19NO3/c1-11-12(5-4-6-13(11)17(19)20)15-8-9-16(21-15)14-7-2-3-10-18-14/h4-6,8-9,14,18H,2-3,7,10H2,1H3,(H,19,20)/t14-/m0/s1. The van der Waals surface area contributed by atoms with E-state index in [-0.39, 0.29) is 6.04 Å². The fourth-order valence-corrected chi connectivity index (χ4v) is 2.91. The van der Waals surface area contributed by atoms with Gasteiger partial charge in [-0.25, -0.2) is 4.79 Å². The number of aromatic carboxylic acids is 1. The minimum absolute atomic E-state index is 0.274. The summed E-state index contributed by atoms with van der Waals surface area (Å²) in [5.74, 6) is 0.762. The zero-order chi connectivity index (χ0) is 14.8. The van der Waals surface area contributed by atoms with Crippen LogP contribution >= 0.6 is 0 Å². The number of carboxylic acid groups (broad SMARTS) is 1. The normalized spacial score (nSPS) is 18.6. The number of furan rings is 1. The highest BCUT2D eigenvalue weighted by Gasteiger charge is 2.19. The van der Waals surface area contributed by atoms with E-state index in [2.05, 4.69) is 5.32 Å². The van der Waals surface area contributed by atoms with Crippen molar-refractivity contribution in [3.63, 3.8) is 0 Å². The molecule has 2 aromatic rings. The lowest BCUT2D eigenvalue weighted by molar-refractivity contribution is 0.0696. The fraction of sp³-hybridized carbons (Fsp3) is 0.353. The Kier molecular flexibility index (Phi) is 3.80. The molecule has 1 aromatic heterocycles. The van der Waals surface area contributed by atoms with Crippen LogP contribution in [0.2, 0.25) is 0 Å². The number of rotatable bonds is 3. The molecule has 1 fully saturated rings. The highest BCUT2D eigenvalue weighted by Crippen LogP contribution is 2.31. The van der Waals surface area contributed by atoms with Crippen LogP contribution in [0.3, 0.4) is 0 Å². The molecule has 0 unspecified atom stereocenters. The second-order valence-electron chi connectivity index (χ2n) is 5.49. The van der Waals surface area contributed by atoms with Gasteiger partial charge in [0.25, 0.3) is 0 Å². The van der Waals surface area contributed by atoms with Crippen molar-refractivity contribution >= 4 is 5.97 Å². The molecule has 2 heterocycles. The van der Waals surface area contributed by atoms with Crippen molar-refractivity contribution in [2.45, 2.75) is 32.2 Å². The van der Waals surface area contributed by atoms with E-state index in [1.54, 1.807) is 12.1 Å². The third-order valence-electron chi connectivity index (χ3n) is 4.11. The molecule has 21 heavy (non-hydrogen) atoms. The molecule has 0 radical (unpaired) electrons. The minimum atomic E-state index is -0.907. The Morgan fingerprint density at radius 3 is 2.86 bits per heavy atom. The summed E-state index contributed by atoms with van der Waals surface area (Å²) in [6, 6.07) is 9.47. The molecule has 1 aromatic carbocycles. The van der Waals surface area contributed by atoms with Gasteiger partial charge in [-0.15, -0.1) is 0 Å². The Labute approximate surface area is 123 Å². The van der Waals surface area contributed by atoms with Crippen LogP contribution in [0.4, 0.5) is 0 Å². The average molecular weight is 285 g/mol. The third kappa shape index (κ3) is 2.72. The van der Waals surface area contributed by atoms with Crippen LogP contribution in [-0.2, 0) is 0 Å². The van der Waals surface area contributed by atoms with Crippen molar-refractivity contribution in [2.75, 3.05) is 6.54 Å². The molecule has 110 valence electrons. The number of piperidine rings is 1. The van der Waals surface area contributed by atoms with Gasteiger partial charge in [-0.2, -0.15) is 0 Å². The fourth-order valence-electron chi connectivity index (χ4n) is 2.91. The van der Waals surface area contributed by atoms with Gasteiger partial charge in [0.15, 0.2) is 0 Å². The van der Waals surface area contributed by atoms with Gasteiger partial charge < -0.3 is 14.8 Å². The summed E-state index contributed by atoms with van der Waals surface area (Å²) < 4.78 is 5.97. The predicted octanol–water partition coefficient (Wildman–Crippen LogP) is 3.77. The van der Waals surface area contributed by atoms with Gasteiger partial charge in [-0.1, -0.05) is 18.6 Å². The lowest BCUT2D eigenvalue weighted by atomic mass is 10.0. The summed E-state index contributed by atoms with van der Waals surface area (Å²) in [7, 11) is 0. The Morgan fingerprint density at radius 1 is 1.29 bits per heavy atom. The molecule has 0 spiro atoms. The van der Waals surface area contributed by atoms with E-state index in [1.165, 1.54) is 12.8 Å². The molecule has 4 heteroatoms. The van der Waals surface area contributed by atoms with E-state index < -0.39 is 5.97 Å². The highest BCUT2D eigenvalue weighted by molar-refractivity contribution is 5.91. The van der Waals surface area contributed by atoms with E-state index >= 15 is 0 Å². The second-order valence-corrected chi connectivity index (χ2v) is 5.49. The first-order chi connectivity index (χ1) is 10.2. The van der Waals surface area contributed by atoms with Crippen LogP contribution in [-0.4, -0.2) is 17.6 Å². The maximum Gasteiger partial charge on any atom is 0.335 e. The topological polar surface area (TPSA) is 62.5 Å². The lowest BCUT2D eigenvalue weighted by Gasteiger charge is -2.21. The van der Waals surface area contributed by atoms with Crippen LogP contribution in [0.15, 0.2) is 34.7 Å². The average Bonchev–Trinajstić information content (AvgIpc) is 2.98. The summed E-state index contributed by atoms with van der Waals surface area (Å²) in [6.07, 6.45) is 3.51. The number of hydrogen-bond donors (Lipinski definition) is 2. The number of nitrogens with one attached hydrogen (secondary N) is 1. The van der Waals surface area contributed by atoms with Gasteiger partial charge in [0.1, 0.15) is 11.5 Å². The third-order valence-corrected chi connectivity index (χ3v) is 4.11. The summed E-state index contributed by atoms with van der Waals surface area (Å²) in [5.41, 5.74) is 1.90. The number of carboxylic acids is 1. The molecule has 1 aliphatic heterocycles. The summed E-state index contributed by atoms with van der Waals surface area (Å²) in [4.78, 5) is 11.2. The molecule has 1 atom stereocenters. The quantitative estimate of drug-likeness (QED) is 0.901. The first-order valence-electron chi connectivity index (χ1n) is 7.33. The largest absolute Gasteiger partial charge is 0.478 e. The molecular weight excluding hydrogens is 266 g/mol. The molecule has 0 aliphatic carbocycles. The van der Waals surface area contributed by atoms with Crippen LogP contribution in [0.5, 0.6) is 0 Å². The van der Waals surface area contributed by atoms with E-state index in [1.807, 2.05) is 25.1 Å². The maximum atomic E-state index is 11.2. The van der Waals surface area contributed by atoms with Crippen molar-refractivity contribution in [1.82, 2.24) is 5.32 Å². The van der Waals surface area contributed by atoms with E-state index in [0.29, 0.717) is 5.56 Å². The Bertz CT molecular complexity index is 654. The monoisotopic (exact) mass is 285 g/mol. The van der Waals surface area contributed by atoms with Gasteiger partial charge in [0.05, 0.1) is 11.6 Å². The Hall–Kier alpha value is -2.07. The second kappa shape index (κ2) is 5.74. The number of carbonyl (C=O) groups is 1. The lowest BCUT2D eigenvalue weighted by Crippen LogP contribution is -2.26. The molecule has 0 amide bonds. The smallest absolute Gasteiger partial charge is 0.335 e. The molecule has 1 aliphatic rings. The van der Waals surface area contributed by atoms with Crippen LogP contribution in [0.1, 0.15) is 47.0 Å². The van der Waals surface area contributed by atoms with Gasteiger partial charge >= 0.3 is 5.97 Å². The molecule has 2 N–H and O–H groups in total. The first-order valence-corrected chi connectivity index (χ1v) is 7.33. The maximum absolute atomic E-state index is 11.2. The van der Waals surface area contributed by atoms with Crippen molar-refractivity contribution in [2.24, 2.45) is 0 Å². The van der Waals surface area contributed by atoms with Crippen molar-refractivity contribution in [3.8, 4) is 11.3 Å². The van der Waals surface area contributed by atoms with Gasteiger partial charge in [-0.05, 0) is 50.1 Å². The summed E-state index contributed by atoms with van der Waals surface area (Å²) >= 11 is 0. The first kappa shape index (κ1) is 13.9. The minimum Gasteiger partial charge on any atom is -0.478 e. The van der Waals surface area contributed by atoms with E-state index in [0.717, 1.165) is 35.6 Å². The molecule has 1 saturated heterocycles. The van der Waals surface area contributed by atoms with Crippen molar-refractivity contribution in [3.05, 3.63) is 47.2 Å². The SMILES string of the molecule is Cc1c(C(=O)O)cccc1-c1ccc([C@@H]2CCCCN2)o1.